The van der Waals surface area contributed by atoms with Crippen LogP contribution in [0.1, 0.15) is 26.3 Å². The first-order chi connectivity index (χ1) is 7.92. The molecule has 0 radical (unpaired) electrons. The van der Waals surface area contributed by atoms with Crippen molar-refractivity contribution in [1.29, 1.82) is 0 Å². The molecule has 0 heterocycles. The highest BCUT2D eigenvalue weighted by molar-refractivity contribution is 5.73. The van der Waals surface area contributed by atoms with Crippen LogP contribution in [-0.4, -0.2) is 18.1 Å². The summed E-state index contributed by atoms with van der Waals surface area (Å²) in [4.78, 5) is 11.9. The number of carbonyl (C=O) groups is 1. The molecule has 0 saturated heterocycles. The smallest absolute Gasteiger partial charge is 0.311 e. The van der Waals surface area contributed by atoms with Crippen LogP contribution in [0.4, 0.5) is 0 Å². The van der Waals surface area contributed by atoms with Crippen LogP contribution in [0.15, 0.2) is 30.3 Å². The maximum Gasteiger partial charge on any atom is 0.311 e. The van der Waals surface area contributed by atoms with Gasteiger partial charge in [-0.25, -0.2) is 0 Å². The molecule has 2 N–H and O–H groups in total. The van der Waals surface area contributed by atoms with E-state index in [0.29, 0.717) is 13.0 Å². The standard InChI is InChI=1S/C14H21NO2/c1-14(2,3)17-13(16)12(10-15)9-11-7-5-4-6-8-11/h4-8,12H,9-10,15H2,1-3H3/t12-/m0/s1. The highest BCUT2D eigenvalue weighted by Crippen LogP contribution is 2.14. The van der Waals surface area contributed by atoms with Crippen LogP contribution in [0.3, 0.4) is 0 Å². The van der Waals surface area contributed by atoms with E-state index in [-0.39, 0.29) is 11.9 Å². The monoisotopic (exact) mass is 235 g/mol. The van der Waals surface area contributed by atoms with E-state index >= 15 is 0 Å². The van der Waals surface area contributed by atoms with Crippen molar-refractivity contribution < 1.29 is 9.53 Å². The Balaban J connectivity index is 2.63. The van der Waals surface area contributed by atoms with E-state index in [4.69, 9.17) is 10.5 Å². The molecule has 3 heteroatoms. The van der Waals surface area contributed by atoms with E-state index in [2.05, 4.69) is 0 Å². The topological polar surface area (TPSA) is 52.3 Å². The Kier molecular flexibility index (Phi) is 4.70. The second kappa shape index (κ2) is 5.82. The van der Waals surface area contributed by atoms with Gasteiger partial charge in [-0.2, -0.15) is 0 Å². The lowest BCUT2D eigenvalue weighted by Gasteiger charge is -2.23. The SMILES string of the molecule is CC(C)(C)OC(=O)[C@H](CN)Cc1ccccc1. The summed E-state index contributed by atoms with van der Waals surface area (Å²) < 4.78 is 5.34. The van der Waals surface area contributed by atoms with Gasteiger partial charge in [0.1, 0.15) is 5.60 Å². The minimum Gasteiger partial charge on any atom is -0.460 e. The van der Waals surface area contributed by atoms with Crippen molar-refractivity contribution in [2.45, 2.75) is 32.8 Å². The average Bonchev–Trinajstić information content (AvgIpc) is 2.24. The van der Waals surface area contributed by atoms with Crippen LogP contribution in [0, 0.1) is 5.92 Å². The first-order valence-electron chi connectivity index (χ1n) is 5.89. The number of benzene rings is 1. The highest BCUT2D eigenvalue weighted by Gasteiger charge is 2.24. The summed E-state index contributed by atoms with van der Waals surface area (Å²) in [6, 6.07) is 9.85. The lowest BCUT2D eigenvalue weighted by Crippen LogP contribution is -2.33. The predicted molar refractivity (Wildman–Crippen MR) is 68.5 cm³/mol. The maximum atomic E-state index is 11.9. The molecule has 1 atom stereocenters. The quantitative estimate of drug-likeness (QED) is 0.813. The predicted octanol–water partition coefficient (Wildman–Crippen LogP) is 2.15. The normalized spacial score (nSPS) is 13.2. The molecule has 0 fully saturated rings. The zero-order chi connectivity index (χ0) is 12.9. The molecule has 1 aromatic rings. The zero-order valence-electron chi connectivity index (χ0n) is 10.8. The molecular weight excluding hydrogens is 214 g/mol. The Bertz CT molecular complexity index is 354. The third kappa shape index (κ3) is 5.00. The van der Waals surface area contributed by atoms with Crippen molar-refractivity contribution in [3.05, 3.63) is 35.9 Å². The molecule has 0 aromatic heterocycles. The summed E-state index contributed by atoms with van der Waals surface area (Å²) in [6.45, 7) is 5.90. The number of nitrogens with two attached hydrogens (primary N) is 1. The van der Waals surface area contributed by atoms with E-state index in [1.165, 1.54) is 0 Å². The Hall–Kier alpha value is -1.35. The van der Waals surface area contributed by atoms with Crippen molar-refractivity contribution in [1.82, 2.24) is 0 Å². The summed E-state index contributed by atoms with van der Waals surface area (Å²) >= 11 is 0. The molecule has 1 rings (SSSR count). The van der Waals surface area contributed by atoms with Gasteiger partial charge in [-0.1, -0.05) is 30.3 Å². The van der Waals surface area contributed by atoms with Crippen LogP contribution in [0.2, 0.25) is 0 Å². The van der Waals surface area contributed by atoms with Gasteiger partial charge in [0.25, 0.3) is 0 Å². The Morgan fingerprint density at radius 2 is 1.88 bits per heavy atom. The first kappa shape index (κ1) is 13.7. The van der Waals surface area contributed by atoms with E-state index < -0.39 is 5.60 Å². The number of esters is 1. The van der Waals surface area contributed by atoms with E-state index in [1.54, 1.807) is 0 Å². The van der Waals surface area contributed by atoms with Gasteiger partial charge in [-0.15, -0.1) is 0 Å². The molecule has 0 amide bonds. The van der Waals surface area contributed by atoms with Crippen molar-refractivity contribution >= 4 is 5.97 Å². The molecule has 0 aliphatic heterocycles. The van der Waals surface area contributed by atoms with Gasteiger partial charge in [0, 0.05) is 6.54 Å². The van der Waals surface area contributed by atoms with Gasteiger partial charge >= 0.3 is 5.97 Å². The Morgan fingerprint density at radius 1 is 1.29 bits per heavy atom. The minimum atomic E-state index is -0.457. The van der Waals surface area contributed by atoms with Crippen LogP contribution in [0.25, 0.3) is 0 Å². The van der Waals surface area contributed by atoms with E-state index in [0.717, 1.165) is 5.56 Å². The van der Waals surface area contributed by atoms with Crippen molar-refractivity contribution in [3.8, 4) is 0 Å². The van der Waals surface area contributed by atoms with Crippen LogP contribution >= 0.6 is 0 Å². The second-order valence-corrected chi connectivity index (χ2v) is 5.16. The molecule has 0 aliphatic rings. The lowest BCUT2D eigenvalue weighted by molar-refractivity contribution is -0.159. The van der Waals surface area contributed by atoms with Crippen LogP contribution in [-0.2, 0) is 16.0 Å². The third-order valence-electron chi connectivity index (χ3n) is 2.35. The van der Waals surface area contributed by atoms with Gasteiger partial charge < -0.3 is 10.5 Å². The fourth-order valence-electron chi connectivity index (χ4n) is 1.55. The summed E-state index contributed by atoms with van der Waals surface area (Å²) in [6.07, 6.45) is 0.631. The Morgan fingerprint density at radius 3 is 2.35 bits per heavy atom. The molecule has 0 saturated carbocycles. The molecule has 1 aromatic carbocycles. The lowest BCUT2D eigenvalue weighted by atomic mass is 9.99. The van der Waals surface area contributed by atoms with Gasteiger partial charge in [0.15, 0.2) is 0 Å². The van der Waals surface area contributed by atoms with Crippen molar-refractivity contribution in [3.63, 3.8) is 0 Å². The molecule has 0 unspecified atom stereocenters. The van der Waals surface area contributed by atoms with Crippen molar-refractivity contribution in [2.24, 2.45) is 11.7 Å². The number of rotatable bonds is 4. The van der Waals surface area contributed by atoms with Gasteiger partial charge in [0.2, 0.25) is 0 Å². The molecule has 17 heavy (non-hydrogen) atoms. The highest BCUT2D eigenvalue weighted by atomic mass is 16.6. The second-order valence-electron chi connectivity index (χ2n) is 5.16. The van der Waals surface area contributed by atoms with E-state index in [9.17, 15) is 4.79 Å². The Labute approximate surface area is 103 Å². The first-order valence-corrected chi connectivity index (χ1v) is 5.89. The molecular formula is C14H21NO2. The largest absolute Gasteiger partial charge is 0.460 e. The van der Waals surface area contributed by atoms with Gasteiger partial charge in [-0.3, -0.25) is 4.79 Å². The van der Waals surface area contributed by atoms with Gasteiger partial charge in [0.05, 0.1) is 5.92 Å². The van der Waals surface area contributed by atoms with E-state index in [1.807, 2.05) is 51.1 Å². The third-order valence-corrected chi connectivity index (χ3v) is 2.35. The summed E-state index contributed by atoms with van der Waals surface area (Å²) in [5, 5.41) is 0. The molecule has 94 valence electrons. The summed E-state index contributed by atoms with van der Waals surface area (Å²) in [7, 11) is 0. The van der Waals surface area contributed by atoms with Crippen LogP contribution < -0.4 is 5.73 Å². The number of hydrogen-bond acceptors (Lipinski definition) is 3. The average molecular weight is 235 g/mol. The molecule has 0 aliphatic carbocycles. The fraction of sp³-hybridized carbons (Fsp3) is 0.500. The zero-order valence-corrected chi connectivity index (χ0v) is 10.8. The van der Waals surface area contributed by atoms with Crippen molar-refractivity contribution in [2.75, 3.05) is 6.54 Å². The molecule has 0 spiro atoms. The fourth-order valence-corrected chi connectivity index (χ4v) is 1.55. The number of ether oxygens (including phenoxy) is 1. The summed E-state index contributed by atoms with van der Waals surface area (Å²) in [5.41, 5.74) is 6.29. The number of hydrogen-bond donors (Lipinski definition) is 1. The molecule has 0 bridgehead atoms. The number of carbonyl (C=O) groups excluding carboxylic acids is 1. The van der Waals surface area contributed by atoms with Gasteiger partial charge in [-0.05, 0) is 32.8 Å². The maximum absolute atomic E-state index is 11.9. The van der Waals surface area contributed by atoms with Crippen LogP contribution in [0.5, 0.6) is 0 Å². The minimum absolute atomic E-state index is 0.219. The molecule has 3 nitrogen and oxygen atoms in total. The summed E-state index contributed by atoms with van der Waals surface area (Å²) in [5.74, 6) is -0.486.